The van der Waals surface area contributed by atoms with E-state index in [-0.39, 0.29) is 30.8 Å². The molecule has 1 aliphatic heterocycles. The Bertz CT molecular complexity index is 1260. The van der Waals surface area contributed by atoms with Gasteiger partial charge in [0.2, 0.25) is 11.8 Å². The number of fused-ring (bicyclic) bond motifs is 2. The topological polar surface area (TPSA) is 88.6 Å². The molecule has 0 saturated carbocycles. The zero-order valence-electron chi connectivity index (χ0n) is 18.6. The molecule has 1 aliphatic carbocycles. The Morgan fingerprint density at radius 2 is 2.06 bits per heavy atom. The predicted molar refractivity (Wildman–Crippen MR) is 130 cm³/mol. The number of amides is 2. The number of nitrogens with one attached hydrogen (secondary N) is 1. The van der Waals surface area contributed by atoms with Crippen molar-refractivity contribution in [3.63, 3.8) is 0 Å². The van der Waals surface area contributed by atoms with Gasteiger partial charge in [-0.2, -0.15) is 0 Å². The summed E-state index contributed by atoms with van der Waals surface area (Å²) in [5.74, 6) is -1.19. The monoisotopic (exact) mass is 483 g/mol. The van der Waals surface area contributed by atoms with E-state index in [0.717, 1.165) is 57.0 Å². The van der Waals surface area contributed by atoms with Crippen LogP contribution in [0.5, 0.6) is 0 Å². The van der Waals surface area contributed by atoms with E-state index in [0.29, 0.717) is 17.1 Å². The molecular weight excluding hydrogens is 458 g/mol. The van der Waals surface area contributed by atoms with Gasteiger partial charge in [-0.3, -0.25) is 9.59 Å². The van der Waals surface area contributed by atoms with Crippen molar-refractivity contribution >= 4 is 61.4 Å². The number of ether oxygens (including phenoxy) is 1. The van der Waals surface area contributed by atoms with E-state index < -0.39 is 5.92 Å². The van der Waals surface area contributed by atoms with Gasteiger partial charge >= 0.3 is 5.97 Å². The van der Waals surface area contributed by atoms with Crippen LogP contribution in [0.4, 0.5) is 10.7 Å². The molecule has 2 aromatic heterocycles. The van der Waals surface area contributed by atoms with Crippen LogP contribution >= 0.6 is 22.7 Å². The lowest BCUT2D eigenvalue weighted by molar-refractivity contribution is -0.122. The molecule has 7 nitrogen and oxygen atoms in total. The summed E-state index contributed by atoms with van der Waals surface area (Å²) in [4.78, 5) is 45.9. The Hall–Kier alpha value is -2.78. The highest BCUT2D eigenvalue weighted by Gasteiger charge is 2.36. The minimum absolute atomic E-state index is 0.0856. The summed E-state index contributed by atoms with van der Waals surface area (Å²) in [7, 11) is 0. The summed E-state index contributed by atoms with van der Waals surface area (Å²) in [6.07, 6.45) is 3.98. The third kappa shape index (κ3) is 4.15. The lowest BCUT2D eigenvalue weighted by atomic mass is 9.95. The predicted octanol–water partition coefficient (Wildman–Crippen LogP) is 4.71. The summed E-state index contributed by atoms with van der Waals surface area (Å²) in [6.45, 7) is 4.32. The number of anilines is 2. The van der Waals surface area contributed by atoms with Gasteiger partial charge in [-0.1, -0.05) is 0 Å². The van der Waals surface area contributed by atoms with Gasteiger partial charge in [0.05, 0.1) is 33.3 Å². The molecule has 1 N–H and O–H groups in total. The van der Waals surface area contributed by atoms with Gasteiger partial charge in [0.15, 0.2) is 0 Å². The number of aryl methyl sites for hydroxylation is 2. The van der Waals surface area contributed by atoms with Crippen molar-refractivity contribution in [1.29, 1.82) is 0 Å². The van der Waals surface area contributed by atoms with E-state index in [1.54, 1.807) is 23.2 Å². The van der Waals surface area contributed by atoms with E-state index >= 15 is 0 Å². The number of aromatic nitrogens is 1. The van der Waals surface area contributed by atoms with Crippen LogP contribution in [-0.4, -0.2) is 35.9 Å². The highest BCUT2D eigenvalue weighted by Crippen LogP contribution is 2.39. The largest absolute Gasteiger partial charge is 0.462 e. The van der Waals surface area contributed by atoms with Gasteiger partial charge < -0.3 is 15.0 Å². The number of carbonyl (C=O) groups excluding carboxylic acids is 3. The second kappa shape index (κ2) is 8.87. The molecule has 3 heterocycles. The molecule has 3 aromatic rings. The molecule has 0 radical (unpaired) electrons. The third-order valence-corrected chi connectivity index (χ3v) is 8.33. The summed E-state index contributed by atoms with van der Waals surface area (Å²) < 4.78 is 6.35. The molecule has 0 bridgehead atoms. The summed E-state index contributed by atoms with van der Waals surface area (Å²) in [5.41, 5.74) is 3.12. The molecule has 1 fully saturated rings. The van der Waals surface area contributed by atoms with Crippen molar-refractivity contribution < 1.29 is 19.1 Å². The molecule has 2 aliphatic rings. The zero-order chi connectivity index (χ0) is 23.1. The van der Waals surface area contributed by atoms with Crippen LogP contribution in [0.3, 0.4) is 0 Å². The lowest BCUT2D eigenvalue weighted by Gasteiger charge is -2.17. The van der Waals surface area contributed by atoms with Crippen molar-refractivity contribution in [3.8, 4) is 0 Å². The lowest BCUT2D eigenvalue weighted by Crippen LogP contribution is -2.28. The second-order valence-corrected chi connectivity index (χ2v) is 10.8. The smallest absolute Gasteiger partial charge is 0.341 e. The Labute approximate surface area is 199 Å². The number of thiophene rings is 1. The minimum atomic E-state index is -0.487. The van der Waals surface area contributed by atoms with Crippen molar-refractivity contribution in [3.05, 3.63) is 39.2 Å². The number of esters is 1. The van der Waals surface area contributed by atoms with E-state index in [1.807, 2.05) is 25.1 Å². The van der Waals surface area contributed by atoms with Crippen molar-refractivity contribution in [1.82, 2.24) is 4.98 Å². The van der Waals surface area contributed by atoms with Gasteiger partial charge in [-0.15, -0.1) is 22.7 Å². The van der Waals surface area contributed by atoms with Gasteiger partial charge in [-0.05, 0) is 63.3 Å². The molecule has 0 spiro atoms. The molecule has 2 amide bonds. The molecule has 1 atom stereocenters. The first kappa shape index (κ1) is 22.0. The Balaban J connectivity index is 1.36. The molecule has 33 heavy (non-hydrogen) atoms. The first-order valence-corrected chi connectivity index (χ1v) is 12.9. The van der Waals surface area contributed by atoms with Gasteiger partial charge in [0, 0.05) is 23.5 Å². The maximum absolute atomic E-state index is 13.2. The number of nitrogens with zero attached hydrogens (tertiary/aromatic N) is 2. The molecule has 1 saturated heterocycles. The number of hydrogen-bond acceptors (Lipinski definition) is 7. The van der Waals surface area contributed by atoms with Crippen LogP contribution in [-0.2, 0) is 27.2 Å². The van der Waals surface area contributed by atoms with Crippen LogP contribution in [0.25, 0.3) is 10.2 Å². The fourth-order valence-corrected chi connectivity index (χ4v) is 6.71. The van der Waals surface area contributed by atoms with Crippen molar-refractivity contribution in [2.24, 2.45) is 5.92 Å². The minimum Gasteiger partial charge on any atom is -0.462 e. The van der Waals surface area contributed by atoms with Gasteiger partial charge in [0.25, 0.3) is 0 Å². The number of thiazole rings is 1. The number of hydrogen-bond donors (Lipinski definition) is 1. The molecule has 5 rings (SSSR count). The highest BCUT2D eigenvalue weighted by molar-refractivity contribution is 7.18. The van der Waals surface area contributed by atoms with E-state index in [9.17, 15) is 14.4 Å². The second-order valence-electron chi connectivity index (χ2n) is 8.42. The summed E-state index contributed by atoms with van der Waals surface area (Å²) >= 11 is 3.08. The Morgan fingerprint density at radius 3 is 2.88 bits per heavy atom. The average molecular weight is 484 g/mol. The zero-order valence-corrected chi connectivity index (χ0v) is 20.2. The number of benzene rings is 1. The van der Waals surface area contributed by atoms with Crippen LogP contribution in [0, 0.1) is 12.8 Å². The standard InChI is InChI=1S/C24H25N3O4S2/c1-3-31-24(30)21-16-6-4-5-7-18(16)33-23(21)26-22(29)14-10-20(28)27(12-14)15-8-9-19-17(11-15)25-13(2)32-19/h8-9,11,14H,3-7,10,12H2,1-2H3,(H,26,29). The molecular formula is C24H25N3O4S2. The number of rotatable bonds is 5. The van der Waals surface area contributed by atoms with E-state index in [1.165, 1.54) is 11.3 Å². The van der Waals surface area contributed by atoms with Crippen molar-refractivity contribution in [2.45, 2.75) is 46.0 Å². The number of carbonyl (C=O) groups is 3. The van der Waals surface area contributed by atoms with Crippen LogP contribution in [0.15, 0.2) is 18.2 Å². The average Bonchev–Trinajstić information content (AvgIpc) is 3.46. The fraction of sp³-hybridized carbons (Fsp3) is 0.417. The fourth-order valence-electron chi connectivity index (χ4n) is 4.62. The van der Waals surface area contributed by atoms with E-state index in [2.05, 4.69) is 10.3 Å². The first-order valence-electron chi connectivity index (χ1n) is 11.2. The molecule has 9 heteroatoms. The highest BCUT2D eigenvalue weighted by atomic mass is 32.1. The van der Waals surface area contributed by atoms with Crippen LogP contribution < -0.4 is 10.2 Å². The first-order chi connectivity index (χ1) is 15.9. The van der Waals surface area contributed by atoms with Gasteiger partial charge in [-0.25, -0.2) is 9.78 Å². The molecule has 1 unspecified atom stereocenters. The Morgan fingerprint density at radius 1 is 1.24 bits per heavy atom. The normalized spacial score (nSPS) is 17.9. The van der Waals surface area contributed by atoms with Gasteiger partial charge in [0.1, 0.15) is 5.00 Å². The molecule has 172 valence electrons. The summed E-state index contributed by atoms with van der Waals surface area (Å²) in [6, 6.07) is 5.78. The van der Waals surface area contributed by atoms with Crippen molar-refractivity contribution in [2.75, 3.05) is 23.4 Å². The maximum Gasteiger partial charge on any atom is 0.341 e. The van der Waals surface area contributed by atoms with Crippen LogP contribution in [0.2, 0.25) is 0 Å². The third-order valence-electron chi connectivity index (χ3n) is 6.17. The SMILES string of the molecule is CCOC(=O)c1c(NC(=O)C2CC(=O)N(c3ccc4sc(C)nc4c3)C2)sc2c1CCCC2. The molecule has 1 aromatic carbocycles. The quantitative estimate of drug-likeness (QED) is 0.531. The van der Waals surface area contributed by atoms with E-state index in [4.69, 9.17) is 4.74 Å². The summed E-state index contributed by atoms with van der Waals surface area (Å²) in [5, 5.41) is 4.49. The van der Waals surface area contributed by atoms with Crippen LogP contribution in [0.1, 0.15) is 52.0 Å². The maximum atomic E-state index is 13.2. The Kier molecular flexibility index (Phi) is 5.92.